The molecule has 4 aliphatic heterocycles. The van der Waals surface area contributed by atoms with Crippen molar-refractivity contribution in [2.24, 2.45) is 23.7 Å². The van der Waals surface area contributed by atoms with Crippen molar-refractivity contribution < 1.29 is 43.5 Å². The number of esters is 1. The third-order valence-corrected chi connectivity index (χ3v) is 14.5. The largest absolute Gasteiger partial charge is 0.458 e. The summed E-state index contributed by atoms with van der Waals surface area (Å²) in [5.41, 5.74) is -0.733. The number of aliphatic hydroxyl groups is 2. The predicted molar refractivity (Wildman–Crippen MR) is 225 cm³/mol. The number of amides is 1. The molecule has 60 heavy (non-hydrogen) atoms. The minimum absolute atomic E-state index is 0.157. The molecule has 1 amide bonds. The highest BCUT2D eigenvalue weighted by Gasteiger charge is 2.64. The van der Waals surface area contributed by atoms with E-state index in [4.69, 9.17) is 18.9 Å². The molecule has 2 N–H and O–H groups in total. The Hall–Kier alpha value is -3.24. The molecule has 14 nitrogen and oxygen atoms in total. The Morgan fingerprint density at radius 1 is 1.03 bits per heavy atom. The number of likely N-dealkylation sites (N-methyl/N-ethyl adjacent to an activating group) is 1. The molecule has 1 aromatic heterocycles. The normalized spacial score (nSPS) is 40.0. The monoisotopic (exact) mass is 836 g/mol. The van der Waals surface area contributed by atoms with Crippen LogP contribution in [0.15, 0.2) is 36.5 Å². The summed E-state index contributed by atoms with van der Waals surface area (Å²) in [5.74, 6) is -3.77. The molecule has 1 aliphatic carbocycles. The van der Waals surface area contributed by atoms with E-state index in [1.165, 1.54) is 12.5 Å². The second-order valence-electron chi connectivity index (χ2n) is 19.3. The second-order valence-corrected chi connectivity index (χ2v) is 19.3. The minimum Gasteiger partial charge on any atom is -0.458 e. The number of carbonyl (C=O) groups is 3. The number of pyridine rings is 1. The van der Waals surface area contributed by atoms with Gasteiger partial charge in [0.05, 0.1) is 36.0 Å². The van der Waals surface area contributed by atoms with Crippen molar-refractivity contribution in [1.29, 1.82) is 0 Å². The van der Waals surface area contributed by atoms with Crippen molar-refractivity contribution in [2.75, 3.05) is 27.3 Å². The van der Waals surface area contributed by atoms with Crippen LogP contribution in [0.25, 0.3) is 10.9 Å². The van der Waals surface area contributed by atoms with Crippen LogP contribution >= 0.6 is 0 Å². The van der Waals surface area contributed by atoms with Gasteiger partial charge in [0.15, 0.2) is 17.7 Å². The van der Waals surface area contributed by atoms with E-state index in [-0.39, 0.29) is 42.5 Å². The Balaban J connectivity index is 1.27. The van der Waals surface area contributed by atoms with Crippen LogP contribution in [0.4, 0.5) is 4.79 Å². The summed E-state index contributed by atoms with van der Waals surface area (Å²) in [4.78, 5) is 52.0. The van der Waals surface area contributed by atoms with Gasteiger partial charge in [-0.1, -0.05) is 45.9 Å². The molecular formula is C46H69N5O9. The number of Topliss-reactive ketones (excluding diaryl/α,β-unsaturated/α-hetero) is 1. The lowest BCUT2D eigenvalue weighted by molar-refractivity contribution is -0.293. The van der Waals surface area contributed by atoms with Gasteiger partial charge in [-0.3, -0.25) is 19.5 Å². The molecular weight excluding hydrogens is 767 g/mol. The maximum Gasteiger partial charge on any atom is 0.425 e. The van der Waals surface area contributed by atoms with Gasteiger partial charge < -0.3 is 34.1 Å². The Labute approximate surface area is 355 Å². The maximum absolute atomic E-state index is 14.4. The molecule has 14 atom stereocenters. The van der Waals surface area contributed by atoms with Crippen LogP contribution in [0, 0.1) is 23.7 Å². The van der Waals surface area contributed by atoms with Gasteiger partial charge >= 0.3 is 12.1 Å². The number of cyclic esters (lactones) is 1. The summed E-state index contributed by atoms with van der Waals surface area (Å²) < 4.78 is 25.6. The first-order chi connectivity index (χ1) is 28.4. The van der Waals surface area contributed by atoms with E-state index < -0.39 is 71.5 Å². The maximum atomic E-state index is 14.4. The number of ketones is 1. The van der Waals surface area contributed by atoms with Crippen molar-refractivity contribution in [3.8, 4) is 0 Å². The molecule has 0 spiro atoms. The molecule has 5 fully saturated rings. The number of hydrogen-bond acceptors (Lipinski definition) is 13. The summed E-state index contributed by atoms with van der Waals surface area (Å²) in [6.45, 7) is 15.9. The number of carbonyl (C=O) groups excluding carboxylic acids is 3. The smallest absolute Gasteiger partial charge is 0.425 e. The van der Waals surface area contributed by atoms with E-state index in [0.717, 1.165) is 36.6 Å². The number of fused-ring (bicyclic) bond motifs is 2. The van der Waals surface area contributed by atoms with Crippen LogP contribution in [0.1, 0.15) is 99.5 Å². The van der Waals surface area contributed by atoms with Gasteiger partial charge in [0.25, 0.3) is 0 Å². The number of para-hydroxylation sites is 1. The third kappa shape index (κ3) is 8.46. The quantitative estimate of drug-likeness (QED) is 0.253. The highest BCUT2D eigenvalue weighted by Crippen LogP contribution is 2.48. The van der Waals surface area contributed by atoms with Crippen LogP contribution in [0.3, 0.4) is 0 Å². The standard InChI is InChI=1S/C46H69N5O9/c1-11-36-46(8)40-28(4)37(50(32-18-19-32)25-49(51(40)44(55)60-46)22-14-15-31-20-21-47-34-17-13-12-16-33(31)34)26(2)24-45(7,56)41(29(5)38(52)30(6)42(54)58-36)59-43-39(53)35(48(9)10)23-27(3)57-43/h12-13,16-17,20-21,26-30,32,35-37,39-41,43,53,56H,11,14-15,18-19,22-25H2,1-10H3/t26-,27-,28-,29+,30-,35+,36+,37?,39-,40-,41-,43+,45+,46-/m1/s1. The molecule has 5 heterocycles. The van der Waals surface area contributed by atoms with E-state index >= 15 is 0 Å². The van der Waals surface area contributed by atoms with E-state index in [2.05, 4.69) is 40.9 Å². The lowest BCUT2D eigenvalue weighted by atomic mass is 9.71. The van der Waals surface area contributed by atoms with Gasteiger partial charge in [-0.05, 0) is 116 Å². The van der Waals surface area contributed by atoms with Crippen LogP contribution in [0.2, 0.25) is 0 Å². The zero-order valence-corrected chi connectivity index (χ0v) is 37.3. The summed E-state index contributed by atoms with van der Waals surface area (Å²) in [6, 6.07) is 9.51. The van der Waals surface area contributed by atoms with Gasteiger partial charge in [-0.25, -0.2) is 14.8 Å². The molecule has 0 radical (unpaired) electrons. The number of rotatable bonds is 9. The molecule has 2 aromatic rings. The van der Waals surface area contributed by atoms with Gasteiger partial charge in [0.2, 0.25) is 0 Å². The Kier molecular flexibility index (Phi) is 13.1. The fraction of sp³-hybridized carbons (Fsp3) is 0.739. The van der Waals surface area contributed by atoms with Gasteiger partial charge in [-0.2, -0.15) is 0 Å². The fourth-order valence-corrected chi connectivity index (χ4v) is 11.4. The molecule has 2 bridgehead atoms. The number of hydrazine groups is 1. The second kappa shape index (κ2) is 17.5. The summed E-state index contributed by atoms with van der Waals surface area (Å²) >= 11 is 0. The Morgan fingerprint density at radius 2 is 1.75 bits per heavy atom. The average Bonchev–Trinajstić information content (AvgIpc) is 4.02. The zero-order chi connectivity index (χ0) is 43.4. The first-order valence-electron chi connectivity index (χ1n) is 22.3. The molecule has 1 aromatic carbocycles. The topological polar surface area (TPSA) is 154 Å². The van der Waals surface area contributed by atoms with Crippen molar-refractivity contribution in [1.82, 2.24) is 24.8 Å². The Morgan fingerprint density at radius 3 is 2.43 bits per heavy atom. The fourth-order valence-electron chi connectivity index (χ4n) is 11.4. The molecule has 1 unspecified atom stereocenters. The number of aromatic nitrogens is 1. The number of benzene rings is 1. The minimum atomic E-state index is -1.62. The first-order valence-corrected chi connectivity index (χ1v) is 22.3. The van der Waals surface area contributed by atoms with Crippen LogP contribution < -0.4 is 0 Å². The van der Waals surface area contributed by atoms with E-state index in [9.17, 15) is 24.6 Å². The number of ether oxygens (including phenoxy) is 4. The van der Waals surface area contributed by atoms with Crippen LogP contribution in [0.5, 0.6) is 0 Å². The molecule has 1 saturated carbocycles. The molecule has 4 saturated heterocycles. The lowest BCUT2D eigenvalue weighted by Crippen LogP contribution is -2.61. The number of aliphatic hydroxyl groups excluding tert-OH is 1. The summed E-state index contributed by atoms with van der Waals surface area (Å²) in [6.07, 6.45) is 1.68. The predicted octanol–water partition coefficient (Wildman–Crippen LogP) is 5.17. The van der Waals surface area contributed by atoms with E-state index in [0.29, 0.717) is 26.1 Å². The van der Waals surface area contributed by atoms with Gasteiger partial charge in [-0.15, -0.1) is 0 Å². The van der Waals surface area contributed by atoms with Crippen LogP contribution in [-0.2, 0) is 35.0 Å². The molecule has 7 rings (SSSR count). The third-order valence-electron chi connectivity index (χ3n) is 14.5. The average molecular weight is 836 g/mol. The van der Waals surface area contributed by atoms with E-state index in [1.54, 1.807) is 18.9 Å². The number of aryl methyl sites for hydroxylation is 1. The molecule has 14 heteroatoms. The van der Waals surface area contributed by atoms with Crippen molar-refractivity contribution in [3.63, 3.8) is 0 Å². The van der Waals surface area contributed by atoms with Gasteiger partial charge in [0, 0.05) is 42.2 Å². The summed E-state index contributed by atoms with van der Waals surface area (Å²) in [5, 5.41) is 29.4. The first kappa shape index (κ1) is 44.8. The van der Waals surface area contributed by atoms with Crippen LogP contribution in [-0.4, -0.2) is 146 Å². The van der Waals surface area contributed by atoms with Crippen molar-refractivity contribution in [2.45, 2.75) is 166 Å². The highest BCUT2D eigenvalue weighted by molar-refractivity contribution is 6.00. The van der Waals surface area contributed by atoms with E-state index in [1.807, 2.05) is 64.2 Å². The highest BCUT2D eigenvalue weighted by atomic mass is 16.7. The van der Waals surface area contributed by atoms with Gasteiger partial charge in [0.1, 0.15) is 18.1 Å². The van der Waals surface area contributed by atoms with Crippen molar-refractivity contribution in [3.05, 3.63) is 42.1 Å². The van der Waals surface area contributed by atoms with Crippen molar-refractivity contribution >= 4 is 28.7 Å². The lowest BCUT2D eigenvalue weighted by Gasteiger charge is -2.48. The molecule has 332 valence electrons. The summed E-state index contributed by atoms with van der Waals surface area (Å²) in [7, 11) is 3.79. The molecule has 5 aliphatic rings. The number of nitrogens with zero attached hydrogens (tertiary/aromatic N) is 5. The SMILES string of the molecule is CC[C@@H]1OC(=O)[C@H](C)C(=O)[C@H](C)[C@@H](O[C@@H]2O[C@H](C)C[C@H](N(C)C)[C@H]2O)[C@@](C)(O)C[C@@H](C)C2[C@@H](C)[C@H]3N(C(=O)O[C@]13C)N(CCCc1ccnc3ccccc13)CN2C1CC1. The number of hydrogen-bond donors (Lipinski definition) is 2. The Bertz CT molecular complexity index is 1870. The zero-order valence-electron chi connectivity index (χ0n) is 37.3.